The Balaban J connectivity index is 2.18. The van der Waals surface area contributed by atoms with Crippen LogP contribution in [0.1, 0.15) is 43.7 Å². The number of Topliss-reactive ketones (excluding diaryl/α,β-unsaturated/α-hetero) is 1. The van der Waals surface area contributed by atoms with E-state index < -0.39 is 5.92 Å². The summed E-state index contributed by atoms with van der Waals surface area (Å²) in [4.78, 5) is 24.4. The molecule has 19 heavy (non-hydrogen) atoms. The number of benzene rings is 1. The van der Waals surface area contributed by atoms with Gasteiger partial charge in [-0.05, 0) is 37.3 Å². The van der Waals surface area contributed by atoms with Crippen molar-refractivity contribution in [2.75, 3.05) is 6.61 Å². The lowest BCUT2D eigenvalue weighted by molar-refractivity contribution is -0.152. The van der Waals surface area contributed by atoms with Gasteiger partial charge in [-0.25, -0.2) is 0 Å². The fourth-order valence-electron chi connectivity index (χ4n) is 2.82. The SMILES string of the molecule is CCOC(=O)C(CC)C(=O)C1CCc2ccccc21. The summed E-state index contributed by atoms with van der Waals surface area (Å²) in [6.07, 6.45) is 2.25. The highest BCUT2D eigenvalue weighted by Gasteiger charge is 2.36. The molecule has 0 amide bonds. The number of aryl methyl sites for hydroxylation is 1. The first kappa shape index (κ1) is 13.8. The van der Waals surface area contributed by atoms with Crippen LogP contribution in [0.2, 0.25) is 0 Å². The Morgan fingerprint density at radius 1 is 1.32 bits per heavy atom. The fraction of sp³-hybridized carbons (Fsp3) is 0.500. The van der Waals surface area contributed by atoms with E-state index in [0.717, 1.165) is 18.4 Å². The molecule has 0 bridgehead atoms. The Morgan fingerprint density at radius 2 is 2.05 bits per heavy atom. The zero-order valence-corrected chi connectivity index (χ0v) is 11.5. The standard InChI is InChI=1S/C16H20O3/c1-3-12(16(18)19-4-2)15(17)14-10-9-11-7-5-6-8-13(11)14/h5-8,12,14H,3-4,9-10H2,1-2H3. The molecule has 0 N–H and O–H groups in total. The minimum absolute atomic E-state index is 0.0194. The molecule has 102 valence electrons. The molecule has 3 nitrogen and oxygen atoms in total. The van der Waals surface area contributed by atoms with Crippen LogP contribution in [0.25, 0.3) is 0 Å². The van der Waals surface area contributed by atoms with Crippen LogP contribution in [0.5, 0.6) is 0 Å². The topological polar surface area (TPSA) is 43.4 Å². The Bertz CT molecular complexity index is 479. The number of fused-ring (bicyclic) bond motifs is 1. The quantitative estimate of drug-likeness (QED) is 0.604. The van der Waals surface area contributed by atoms with Crippen LogP contribution in [0.15, 0.2) is 24.3 Å². The van der Waals surface area contributed by atoms with Crippen molar-refractivity contribution in [2.45, 2.75) is 39.0 Å². The Morgan fingerprint density at radius 3 is 2.74 bits per heavy atom. The van der Waals surface area contributed by atoms with Crippen molar-refractivity contribution in [2.24, 2.45) is 5.92 Å². The molecule has 0 aliphatic heterocycles. The Kier molecular flexibility index (Phi) is 4.35. The van der Waals surface area contributed by atoms with E-state index in [1.807, 2.05) is 25.1 Å². The third kappa shape index (κ3) is 2.70. The van der Waals surface area contributed by atoms with Gasteiger partial charge < -0.3 is 4.74 Å². The highest BCUT2D eigenvalue weighted by Crippen LogP contribution is 2.35. The van der Waals surface area contributed by atoms with Crippen LogP contribution >= 0.6 is 0 Å². The van der Waals surface area contributed by atoms with Crippen LogP contribution in [0, 0.1) is 5.92 Å². The zero-order chi connectivity index (χ0) is 13.8. The average Bonchev–Trinajstić information content (AvgIpc) is 2.83. The van der Waals surface area contributed by atoms with Crippen LogP contribution in [0.4, 0.5) is 0 Å². The largest absolute Gasteiger partial charge is 0.465 e. The summed E-state index contributed by atoms with van der Waals surface area (Å²) >= 11 is 0. The molecule has 2 rings (SSSR count). The molecule has 0 radical (unpaired) electrons. The molecule has 1 aromatic carbocycles. The molecule has 0 saturated carbocycles. The van der Waals surface area contributed by atoms with Gasteiger partial charge in [0, 0.05) is 5.92 Å². The van der Waals surface area contributed by atoms with Gasteiger partial charge in [0.1, 0.15) is 5.92 Å². The molecule has 0 spiro atoms. The van der Waals surface area contributed by atoms with Gasteiger partial charge in [0.25, 0.3) is 0 Å². The van der Waals surface area contributed by atoms with Gasteiger partial charge in [-0.15, -0.1) is 0 Å². The highest BCUT2D eigenvalue weighted by molar-refractivity contribution is 6.02. The minimum atomic E-state index is -0.615. The van der Waals surface area contributed by atoms with E-state index in [4.69, 9.17) is 4.74 Å². The van der Waals surface area contributed by atoms with Gasteiger partial charge in [0.2, 0.25) is 0 Å². The second-order valence-corrected chi connectivity index (χ2v) is 4.91. The number of hydrogen-bond acceptors (Lipinski definition) is 3. The fourth-order valence-corrected chi connectivity index (χ4v) is 2.82. The normalized spacial score (nSPS) is 18.7. The van der Waals surface area contributed by atoms with Crippen LogP contribution in [-0.2, 0) is 20.7 Å². The number of esters is 1. The molecule has 0 saturated heterocycles. The van der Waals surface area contributed by atoms with Gasteiger partial charge in [-0.2, -0.15) is 0 Å². The molecule has 1 aliphatic carbocycles. The second-order valence-electron chi connectivity index (χ2n) is 4.91. The van der Waals surface area contributed by atoms with Crippen molar-refractivity contribution < 1.29 is 14.3 Å². The van der Waals surface area contributed by atoms with Crippen LogP contribution < -0.4 is 0 Å². The predicted molar refractivity (Wildman–Crippen MR) is 72.9 cm³/mol. The number of hydrogen-bond donors (Lipinski definition) is 0. The van der Waals surface area contributed by atoms with Gasteiger partial charge in [0.05, 0.1) is 6.61 Å². The van der Waals surface area contributed by atoms with Gasteiger partial charge >= 0.3 is 5.97 Å². The number of carbonyl (C=O) groups excluding carboxylic acids is 2. The summed E-state index contributed by atoms with van der Waals surface area (Å²) < 4.78 is 5.00. The van der Waals surface area contributed by atoms with Crippen molar-refractivity contribution in [3.05, 3.63) is 35.4 Å². The van der Waals surface area contributed by atoms with Gasteiger partial charge in [0.15, 0.2) is 5.78 Å². The number of carbonyl (C=O) groups is 2. The molecular weight excluding hydrogens is 240 g/mol. The summed E-state index contributed by atoms with van der Waals surface area (Å²) in [7, 11) is 0. The minimum Gasteiger partial charge on any atom is -0.465 e. The Labute approximate surface area is 114 Å². The molecule has 0 heterocycles. The maximum Gasteiger partial charge on any atom is 0.316 e. The third-order valence-electron chi connectivity index (χ3n) is 3.80. The van der Waals surface area contributed by atoms with E-state index in [2.05, 4.69) is 6.07 Å². The highest BCUT2D eigenvalue weighted by atomic mass is 16.5. The number of ketones is 1. The van der Waals surface area contributed by atoms with E-state index >= 15 is 0 Å². The molecule has 2 unspecified atom stereocenters. The molecule has 0 aromatic heterocycles. The van der Waals surface area contributed by atoms with E-state index in [1.165, 1.54) is 5.56 Å². The van der Waals surface area contributed by atoms with Crippen LogP contribution in [0.3, 0.4) is 0 Å². The lowest BCUT2D eigenvalue weighted by Gasteiger charge is -2.17. The summed E-state index contributed by atoms with van der Waals surface area (Å²) in [5.74, 6) is -1.10. The summed E-state index contributed by atoms with van der Waals surface area (Å²) in [6.45, 7) is 3.95. The third-order valence-corrected chi connectivity index (χ3v) is 3.80. The first-order valence-corrected chi connectivity index (χ1v) is 6.97. The van der Waals surface area contributed by atoms with Gasteiger partial charge in [-0.1, -0.05) is 31.2 Å². The van der Waals surface area contributed by atoms with Crippen molar-refractivity contribution in [3.63, 3.8) is 0 Å². The van der Waals surface area contributed by atoms with Crippen molar-refractivity contribution in [1.29, 1.82) is 0 Å². The average molecular weight is 260 g/mol. The van der Waals surface area contributed by atoms with E-state index in [0.29, 0.717) is 13.0 Å². The number of ether oxygens (including phenoxy) is 1. The maximum absolute atomic E-state index is 12.6. The van der Waals surface area contributed by atoms with E-state index in [-0.39, 0.29) is 17.7 Å². The number of rotatable bonds is 5. The van der Waals surface area contributed by atoms with Gasteiger partial charge in [-0.3, -0.25) is 9.59 Å². The van der Waals surface area contributed by atoms with Crippen LogP contribution in [-0.4, -0.2) is 18.4 Å². The van der Waals surface area contributed by atoms with Crippen molar-refractivity contribution in [1.82, 2.24) is 0 Å². The maximum atomic E-state index is 12.6. The molecular formula is C16H20O3. The molecule has 0 fully saturated rings. The zero-order valence-electron chi connectivity index (χ0n) is 11.5. The summed E-state index contributed by atoms with van der Waals surface area (Å²) in [6, 6.07) is 8.01. The monoisotopic (exact) mass is 260 g/mol. The molecule has 1 aromatic rings. The van der Waals surface area contributed by atoms with E-state index in [9.17, 15) is 9.59 Å². The smallest absolute Gasteiger partial charge is 0.316 e. The Hall–Kier alpha value is -1.64. The summed E-state index contributed by atoms with van der Waals surface area (Å²) in [5, 5.41) is 0. The summed E-state index contributed by atoms with van der Waals surface area (Å²) in [5.41, 5.74) is 2.33. The van der Waals surface area contributed by atoms with E-state index in [1.54, 1.807) is 6.92 Å². The van der Waals surface area contributed by atoms with Crippen molar-refractivity contribution in [3.8, 4) is 0 Å². The first-order valence-electron chi connectivity index (χ1n) is 6.97. The lowest BCUT2D eigenvalue weighted by atomic mass is 9.87. The van der Waals surface area contributed by atoms with Crippen molar-refractivity contribution >= 4 is 11.8 Å². The molecule has 1 aliphatic rings. The lowest BCUT2D eigenvalue weighted by Crippen LogP contribution is -2.29. The predicted octanol–water partition coefficient (Wildman–Crippen LogP) is 2.87. The first-order chi connectivity index (χ1) is 9.19. The second kappa shape index (κ2) is 6.00. The molecule has 3 heteroatoms. The molecule has 2 atom stereocenters.